The summed E-state index contributed by atoms with van der Waals surface area (Å²) in [7, 11) is 0. The third kappa shape index (κ3) is 4.96. The van der Waals surface area contributed by atoms with Gasteiger partial charge in [-0.25, -0.2) is 0 Å². The van der Waals surface area contributed by atoms with E-state index in [2.05, 4.69) is 36.1 Å². The molecule has 0 unspecified atom stereocenters. The maximum atomic E-state index is 13.0. The van der Waals surface area contributed by atoms with E-state index in [1.165, 1.54) is 0 Å². The van der Waals surface area contributed by atoms with Gasteiger partial charge in [-0.15, -0.1) is 5.10 Å². The fourth-order valence-electron chi connectivity index (χ4n) is 3.26. The summed E-state index contributed by atoms with van der Waals surface area (Å²) < 4.78 is 8.42. The number of nitrogens with zero attached hydrogens (tertiary/aromatic N) is 5. The quantitative estimate of drug-likeness (QED) is 0.405. The third-order valence-corrected chi connectivity index (χ3v) is 5.18. The van der Waals surface area contributed by atoms with E-state index in [0.717, 1.165) is 36.1 Å². The lowest BCUT2D eigenvalue weighted by atomic mass is 10.1. The largest absolute Gasteiger partial charge is 0.464 e. The lowest BCUT2D eigenvalue weighted by molar-refractivity contribution is 0.244. The van der Waals surface area contributed by atoms with Crippen LogP contribution in [0.3, 0.4) is 0 Å². The molecule has 0 N–H and O–H groups in total. The van der Waals surface area contributed by atoms with E-state index in [-0.39, 0.29) is 5.43 Å². The van der Waals surface area contributed by atoms with Gasteiger partial charge in [0.2, 0.25) is 0 Å². The molecule has 0 saturated carbocycles. The Balaban J connectivity index is 1.53. The van der Waals surface area contributed by atoms with Crippen molar-refractivity contribution in [3.8, 4) is 0 Å². The molecule has 0 atom stereocenters. The lowest BCUT2D eigenvalue weighted by Gasteiger charge is -2.22. The molecule has 0 aliphatic heterocycles. The Labute approximate surface area is 176 Å². The zero-order valence-electron chi connectivity index (χ0n) is 15.7. The number of rotatable bonds is 8. The fraction of sp³-hybridized carbons (Fsp3) is 0.238. The van der Waals surface area contributed by atoms with Gasteiger partial charge in [0.25, 0.3) is 0 Å². The second-order valence-electron chi connectivity index (χ2n) is 6.82. The van der Waals surface area contributed by atoms with E-state index in [1.807, 2.05) is 35.1 Å². The first-order valence-electron chi connectivity index (χ1n) is 9.34. The highest BCUT2D eigenvalue weighted by Gasteiger charge is 2.13. The molecule has 3 heterocycles. The second-order valence-corrected chi connectivity index (χ2v) is 7.73. The van der Waals surface area contributed by atoms with Gasteiger partial charge < -0.3 is 4.42 Å². The first-order valence-corrected chi connectivity index (χ1v) is 10.1. The van der Waals surface area contributed by atoms with Gasteiger partial charge in [-0.05, 0) is 42.3 Å². The summed E-state index contributed by atoms with van der Waals surface area (Å²) in [6.45, 7) is 2.80. The average Bonchev–Trinajstić information content (AvgIpc) is 3.24. The molecular weight excluding hydrogens is 434 g/mol. The Kier molecular flexibility index (Phi) is 6.12. The van der Waals surface area contributed by atoms with Gasteiger partial charge in [0.05, 0.1) is 17.8 Å². The van der Waals surface area contributed by atoms with Crippen LogP contribution in [0, 0.1) is 0 Å². The van der Waals surface area contributed by atoms with Gasteiger partial charge in [-0.3, -0.25) is 19.4 Å². The van der Waals surface area contributed by atoms with Crippen LogP contribution in [0.4, 0.5) is 0 Å². The van der Waals surface area contributed by atoms with Crippen LogP contribution in [-0.2, 0) is 19.6 Å². The fourth-order valence-corrected chi connectivity index (χ4v) is 3.60. The van der Waals surface area contributed by atoms with Gasteiger partial charge >= 0.3 is 0 Å². The number of aromatic nitrogens is 4. The molecule has 1 aromatic carbocycles. The molecular formula is C21H20BrN5O2. The minimum Gasteiger partial charge on any atom is -0.464 e. The van der Waals surface area contributed by atoms with E-state index in [0.29, 0.717) is 23.1 Å². The lowest BCUT2D eigenvalue weighted by Crippen LogP contribution is -2.27. The summed E-state index contributed by atoms with van der Waals surface area (Å²) in [6.07, 6.45) is 9.56. The van der Waals surface area contributed by atoms with Crippen molar-refractivity contribution in [1.82, 2.24) is 24.9 Å². The van der Waals surface area contributed by atoms with Crippen LogP contribution >= 0.6 is 15.9 Å². The van der Waals surface area contributed by atoms with E-state index < -0.39 is 0 Å². The number of fused-ring (bicyclic) bond motifs is 1. The predicted molar refractivity (Wildman–Crippen MR) is 113 cm³/mol. The van der Waals surface area contributed by atoms with Crippen LogP contribution < -0.4 is 5.43 Å². The molecule has 0 fully saturated rings. The van der Waals surface area contributed by atoms with Gasteiger partial charge in [0.1, 0.15) is 5.58 Å². The van der Waals surface area contributed by atoms with Crippen molar-refractivity contribution in [2.75, 3.05) is 6.54 Å². The van der Waals surface area contributed by atoms with Crippen LogP contribution in [0.15, 0.2) is 75.1 Å². The SMILES string of the molecule is O=c1c(CN(CCCn2ccnn2)Cc2ccncc2)coc2cc(Br)ccc12. The molecule has 4 rings (SSSR count). The zero-order chi connectivity index (χ0) is 20.1. The highest BCUT2D eigenvalue weighted by atomic mass is 79.9. The number of halogens is 1. The molecule has 0 radical (unpaired) electrons. The highest BCUT2D eigenvalue weighted by Crippen LogP contribution is 2.18. The summed E-state index contributed by atoms with van der Waals surface area (Å²) in [5.41, 5.74) is 2.39. The molecule has 0 bridgehead atoms. The van der Waals surface area contributed by atoms with Crippen molar-refractivity contribution in [2.24, 2.45) is 0 Å². The normalized spacial score (nSPS) is 11.4. The maximum Gasteiger partial charge on any atom is 0.197 e. The third-order valence-electron chi connectivity index (χ3n) is 4.69. The van der Waals surface area contributed by atoms with E-state index in [4.69, 9.17) is 4.42 Å². The Hall–Kier alpha value is -2.84. The number of pyridine rings is 1. The van der Waals surface area contributed by atoms with Crippen molar-refractivity contribution >= 4 is 26.9 Å². The van der Waals surface area contributed by atoms with Crippen molar-refractivity contribution in [1.29, 1.82) is 0 Å². The molecule has 7 nitrogen and oxygen atoms in total. The van der Waals surface area contributed by atoms with Crippen LogP contribution in [0.2, 0.25) is 0 Å². The summed E-state index contributed by atoms with van der Waals surface area (Å²) in [5.74, 6) is 0. The van der Waals surface area contributed by atoms with Crippen molar-refractivity contribution in [3.63, 3.8) is 0 Å². The Morgan fingerprint density at radius 2 is 1.97 bits per heavy atom. The Bertz CT molecular complexity index is 1130. The number of hydrogen-bond acceptors (Lipinski definition) is 6. The molecule has 3 aromatic heterocycles. The van der Waals surface area contributed by atoms with Gasteiger partial charge in [0.15, 0.2) is 5.43 Å². The standard InChI is InChI=1S/C21H20BrN5O2/c22-18-2-3-19-20(12-18)29-15-17(21(19)28)14-26(13-16-4-6-23-7-5-16)9-1-10-27-11-8-24-25-27/h2-8,11-12,15H,1,9-10,13-14H2. The maximum absolute atomic E-state index is 13.0. The molecule has 0 amide bonds. The molecule has 8 heteroatoms. The van der Waals surface area contributed by atoms with Crippen LogP contribution in [0.1, 0.15) is 17.5 Å². The molecule has 0 spiro atoms. The Morgan fingerprint density at radius 3 is 2.76 bits per heavy atom. The average molecular weight is 454 g/mol. The molecule has 0 saturated heterocycles. The number of benzene rings is 1. The van der Waals surface area contributed by atoms with Crippen molar-refractivity contribution in [3.05, 3.63) is 87.2 Å². The van der Waals surface area contributed by atoms with E-state index >= 15 is 0 Å². The van der Waals surface area contributed by atoms with Gasteiger partial charge in [-0.2, -0.15) is 0 Å². The first kappa shape index (κ1) is 19.5. The highest BCUT2D eigenvalue weighted by molar-refractivity contribution is 9.10. The predicted octanol–water partition coefficient (Wildman–Crippen LogP) is 3.63. The van der Waals surface area contributed by atoms with E-state index in [9.17, 15) is 4.79 Å². The second kappa shape index (κ2) is 9.11. The van der Waals surface area contributed by atoms with Crippen molar-refractivity contribution in [2.45, 2.75) is 26.1 Å². The van der Waals surface area contributed by atoms with Crippen LogP contribution in [-0.4, -0.2) is 31.4 Å². The zero-order valence-corrected chi connectivity index (χ0v) is 17.3. The summed E-state index contributed by atoms with van der Waals surface area (Å²) >= 11 is 3.41. The Morgan fingerprint density at radius 1 is 1.10 bits per heavy atom. The minimum atomic E-state index is 0.00903. The van der Waals surface area contributed by atoms with Gasteiger partial charge in [0, 0.05) is 54.8 Å². The smallest absolute Gasteiger partial charge is 0.197 e. The molecule has 4 aromatic rings. The van der Waals surface area contributed by atoms with E-state index in [1.54, 1.807) is 30.9 Å². The molecule has 0 aliphatic carbocycles. The topological polar surface area (TPSA) is 77.1 Å². The number of hydrogen-bond donors (Lipinski definition) is 0. The summed E-state index contributed by atoms with van der Waals surface area (Å²) in [6, 6.07) is 9.45. The summed E-state index contributed by atoms with van der Waals surface area (Å²) in [4.78, 5) is 19.3. The van der Waals surface area contributed by atoms with Crippen molar-refractivity contribution < 1.29 is 4.42 Å². The molecule has 0 aliphatic rings. The monoisotopic (exact) mass is 453 g/mol. The minimum absolute atomic E-state index is 0.00903. The van der Waals surface area contributed by atoms with Crippen LogP contribution in [0.5, 0.6) is 0 Å². The molecule has 148 valence electrons. The molecule has 29 heavy (non-hydrogen) atoms. The number of aryl methyl sites for hydroxylation is 1. The van der Waals surface area contributed by atoms with Crippen LogP contribution in [0.25, 0.3) is 11.0 Å². The first-order chi connectivity index (χ1) is 14.2. The van der Waals surface area contributed by atoms with Gasteiger partial charge in [-0.1, -0.05) is 21.1 Å². The summed E-state index contributed by atoms with van der Waals surface area (Å²) in [5, 5.41) is 8.44.